The summed E-state index contributed by atoms with van der Waals surface area (Å²) in [6.45, 7) is 2.39. The number of amides is 1. The molecule has 23 heavy (non-hydrogen) atoms. The van der Waals surface area contributed by atoms with E-state index < -0.39 is 0 Å². The fourth-order valence-electron chi connectivity index (χ4n) is 3.56. The summed E-state index contributed by atoms with van der Waals surface area (Å²) in [6.07, 6.45) is 6.13. The number of hydrogen-bond acceptors (Lipinski definition) is 3. The first-order valence-corrected chi connectivity index (χ1v) is 8.68. The standard InChI is InChI=1S/C19H26N2O2/c1-13(18-11-15-9-5-6-10-17(15)23-18)19(22)21-16(12-20)14-7-3-2-4-8-14/h5-6,9-11,13-14,16H,2-4,7-8,12,20H2,1H3,(H,21,22). The van der Waals surface area contributed by atoms with Gasteiger partial charge in [-0.05, 0) is 37.8 Å². The van der Waals surface area contributed by atoms with Crippen LogP contribution in [0, 0.1) is 5.92 Å². The SMILES string of the molecule is CC(C(=O)NC(CN)C1CCCCC1)c1cc2ccccc2o1. The number of nitrogens with two attached hydrogens (primary N) is 1. The van der Waals surface area contributed by atoms with Crippen LogP contribution in [0.15, 0.2) is 34.7 Å². The lowest BCUT2D eigenvalue weighted by Gasteiger charge is -2.30. The molecule has 4 nitrogen and oxygen atoms in total. The van der Waals surface area contributed by atoms with E-state index in [1.165, 1.54) is 32.1 Å². The quantitative estimate of drug-likeness (QED) is 0.886. The number of benzene rings is 1. The summed E-state index contributed by atoms with van der Waals surface area (Å²) in [6, 6.07) is 9.87. The third-order valence-corrected chi connectivity index (χ3v) is 5.07. The van der Waals surface area contributed by atoms with Gasteiger partial charge in [0.05, 0.1) is 5.92 Å². The van der Waals surface area contributed by atoms with E-state index in [4.69, 9.17) is 10.2 Å². The third kappa shape index (κ3) is 3.58. The van der Waals surface area contributed by atoms with Gasteiger partial charge in [-0.1, -0.05) is 37.5 Å². The number of hydrogen-bond donors (Lipinski definition) is 2. The Kier molecular flexibility index (Phi) is 5.01. The molecule has 1 aliphatic rings. The van der Waals surface area contributed by atoms with Crippen LogP contribution in [0.2, 0.25) is 0 Å². The molecular formula is C19H26N2O2. The minimum absolute atomic E-state index is 0.00470. The van der Waals surface area contributed by atoms with Crippen molar-refractivity contribution in [1.29, 1.82) is 0 Å². The van der Waals surface area contributed by atoms with Crippen LogP contribution in [0.1, 0.15) is 50.7 Å². The van der Waals surface area contributed by atoms with Gasteiger partial charge in [-0.2, -0.15) is 0 Å². The molecule has 1 aliphatic carbocycles. The molecule has 0 spiro atoms. The van der Waals surface area contributed by atoms with Crippen LogP contribution < -0.4 is 11.1 Å². The Bertz CT molecular complexity index is 625. The van der Waals surface area contributed by atoms with Crippen molar-refractivity contribution in [2.45, 2.75) is 51.0 Å². The summed E-state index contributed by atoms with van der Waals surface area (Å²) in [4.78, 5) is 12.6. The molecule has 124 valence electrons. The Labute approximate surface area is 137 Å². The normalized spacial score (nSPS) is 18.7. The molecule has 1 aromatic carbocycles. The van der Waals surface area contributed by atoms with Crippen molar-refractivity contribution in [2.24, 2.45) is 11.7 Å². The minimum Gasteiger partial charge on any atom is -0.460 e. The largest absolute Gasteiger partial charge is 0.460 e. The number of fused-ring (bicyclic) bond motifs is 1. The smallest absolute Gasteiger partial charge is 0.230 e. The van der Waals surface area contributed by atoms with Gasteiger partial charge in [0.2, 0.25) is 5.91 Å². The first kappa shape index (κ1) is 16.1. The molecule has 2 unspecified atom stereocenters. The number of carbonyl (C=O) groups excluding carboxylic acids is 1. The van der Waals surface area contributed by atoms with Crippen molar-refractivity contribution in [1.82, 2.24) is 5.32 Å². The molecule has 0 saturated heterocycles. The van der Waals surface area contributed by atoms with Gasteiger partial charge in [0, 0.05) is 18.0 Å². The number of nitrogens with one attached hydrogen (secondary N) is 1. The van der Waals surface area contributed by atoms with E-state index in [1.807, 2.05) is 37.3 Å². The monoisotopic (exact) mass is 314 g/mol. The number of rotatable bonds is 5. The summed E-state index contributed by atoms with van der Waals surface area (Å²) in [7, 11) is 0. The summed E-state index contributed by atoms with van der Waals surface area (Å²) < 4.78 is 5.82. The molecule has 1 saturated carbocycles. The molecule has 3 rings (SSSR count). The van der Waals surface area contributed by atoms with Crippen LogP contribution in [0.4, 0.5) is 0 Å². The molecule has 1 amide bonds. The summed E-state index contributed by atoms with van der Waals surface area (Å²) >= 11 is 0. The summed E-state index contributed by atoms with van der Waals surface area (Å²) in [5, 5.41) is 4.19. The number of carbonyl (C=O) groups is 1. The van der Waals surface area contributed by atoms with E-state index in [-0.39, 0.29) is 17.9 Å². The van der Waals surface area contributed by atoms with Crippen molar-refractivity contribution in [3.63, 3.8) is 0 Å². The lowest BCUT2D eigenvalue weighted by atomic mass is 9.83. The second-order valence-corrected chi connectivity index (χ2v) is 6.66. The third-order valence-electron chi connectivity index (χ3n) is 5.07. The van der Waals surface area contributed by atoms with Gasteiger partial charge < -0.3 is 15.5 Å². The molecular weight excluding hydrogens is 288 g/mol. The average molecular weight is 314 g/mol. The molecule has 3 N–H and O–H groups in total. The fourth-order valence-corrected chi connectivity index (χ4v) is 3.56. The zero-order valence-electron chi connectivity index (χ0n) is 13.8. The highest BCUT2D eigenvalue weighted by atomic mass is 16.3. The molecule has 0 bridgehead atoms. The van der Waals surface area contributed by atoms with E-state index in [2.05, 4.69) is 5.32 Å². The van der Waals surface area contributed by atoms with Gasteiger partial charge >= 0.3 is 0 Å². The Morgan fingerprint density at radius 3 is 2.74 bits per heavy atom. The molecule has 4 heteroatoms. The Balaban J connectivity index is 1.68. The number of para-hydroxylation sites is 1. The second kappa shape index (κ2) is 7.18. The van der Waals surface area contributed by atoms with Gasteiger partial charge in [-0.3, -0.25) is 4.79 Å². The van der Waals surface area contributed by atoms with E-state index in [9.17, 15) is 4.79 Å². The number of furan rings is 1. The Morgan fingerprint density at radius 2 is 2.04 bits per heavy atom. The van der Waals surface area contributed by atoms with Crippen LogP contribution in [0.5, 0.6) is 0 Å². The van der Waals surface area contributed by atoms with Crippen LogP contribution in [-0.2, 0) is 4.79 Å². The molecule has 1 fully saturated rings. The van der Waals surface area contributed by atoms with Crippen molar-refractivity contribution in [3.8, 4) is 0 Å². The maximum Gasteiger partial charge on any atom is 0.230 e. The van der Waals surface area contributed by atoms with Crippen LogP contribution in [0.25, 0.3) is 11.0 Å². The second-order valence-electron chi connectivity index (χ2n) is 6.66. The Hall–Kier alpha value is -1.81. The van der Waals surface area contributed by atoms with E-state index >= 15 is 0 Å². The van der Waals surface area contributed by atoms with Gasteiger partial charge in [-0.15, -0.1) is 0 Å². The van der Waals surface area contributed by atoms with Gasteiger partial charge in [0.1, 0.15) is 11.3 Å². The zero-order chi connectivity index (χ0) is 16.2. The predicted molar refractivity (Wildman–Crippen MR) is 92.2 cm³/mol. The summed E-state index contributed by atoms with van der Waals surface area (Å²) in [5.41, 5.74) is 6.74. The lowest BCUT2D eigenvalue weighted by Crippen LogP contribution is -2.47. The highest BCUT2D eigenvalue weighted by Crippen LogP contribution is 2.28. The molecule has 0 aliphatic heterocycles. The highest BCUT2D eigenvalue weighted by molar-refractivity contribution is 5.85. The minimum atomic E-state index is -0.306. The first-order valence-electron chi connectivity index (χ1n) is 8.68. The zero-order valence-corrected chi connectivity index (χ0v) is 13.8. The van der Waals surface area contributed by atoms with Crippen molar-refractivity contribution >= 4 is 16.9 Å². The maximum atomic E-state index is 12.6. The van der Waals surface area contributed by atoms with Crippen LogP contribution >= 0.6 is 0 Å². The molecule has 2 atom stereocenters. The lowest BCUT2D eigenvalue weighted by molar-refractivity contribution is -0.123. The van der Waals surface area contributed by atoms with Crippen LogP contribution in [0.3, 0.4) is 0 Å². The van der Waals surface area contributed by atoms with E-state index in [0.29, 0.717) is 18.2 Å². The van der Waals surface area contributed by atoms with Gasteiger partial charge in [0.15, 0.2) is 0 Å². The molecule has 1 heterocycles. The first-order chi connectivity index (χ1) is 11.2. The van der Waals surface area contributed by atoms with Crippen LogP contribution in [-0.4, -0.2) is 18.5 Å². The molecule has 1 aromatic heterocycles. The predicted octanol–water partition coefficient (Wildman–Crippen LogP) is 3.56. The van der Waals surface area contributed by atoms with Crippen molar-refractivity contribution in [2.75, 3.05) is 6.54 Å². The topological polar surface area (TPSA) is 68.3 Å². The van der Waals surface area contributed by atoms with Gasteiger partial charge in [-0.25, -0.2) is 0 Å². The molecule has 2 aromatic rings. The maximum absolute atomic E-state index is 12.6. The Morgan fingerprint density at radius 1 is 1.30 bits per heavy atom. The fraction of sp³-hybridized carbons (Fsp3) is 0.526. The van der Waals surface area contributed by atoms with Crippen molar-refractivity contribution < 1.29 is 9.21 Å². The highest BCUT2D eigenvalue weighted by Gasteiger charge is 2.27. The molecule has 0 radical (unpaired) electrons. The van der Waals surface area contributed by atoms with E-state index in [0.717, 1.165) is 11.0 Å². The van der Waals surface area contributed by atoms with E-state index in [1.54, 1.807) is 0 Å². The summed E-state index contributed by atoms with van der Waals surface area (Å²) in [5.74, 6) is 0.925. The van der Waals surface area contributed by atoms with Gasteiger partial charge in [0.25, 0.3) is 0 Å². The average Bonchev–Trinajstić information content (AvgIpc) is 3.03. The van der Waals surface area contributed by atoms with Crippen molar-refractivity contribution in [3.05, 3.63) is 36.1 Å².